The summed E-state index contributed by atoms with van der Waals surface area (Å²) >= 11 is 0. The minimum atomic E-state index is -0.116. The van der Waals surface area contributed by atoms with E-state index >= 15 is 0 Å². The number of rotatable bonds is 0. The van der Waals surface area contributed by atoms with Gasteiger partial charge >= 0.3 is 0 Å². The summed E-state index contributed by atoms with van der Waals surface area (Å²) in [6.07, 6.45) is 12.6. The molecule has 2 fully saturated rings. The molecule has 0 saturated heterocycles. The standard InChI is InChI=1S/C19H26O2/c1-18-9-7-13(20)11-12(18)3-4-14-15-5-6-17(21)19(15,2)10-8-16(14)18/h3-4,11,14-17,21H,5-10H2,1-2H3/t14-,15+,16-,17-,18+,19-/m0/s1. The van der Waals surface area contributed by atoms with Crippen molar-refractivity contribution in [3.8, 4) is 0 Å². The summed E-state index contributed by atoms with van der Waals surface area (Å²) < 4.78 is 0. The van der Waals surface area contributed by atoms with Gasteiger partial charge in [0, 0.05) is 6.42 Å². The first-order chi connectivity index (χ1) is 9.95. The van der Waals surface area contributed by atoms with E-state index in [0.29, 0.717) is 30.0 Å². The molecule has 0 radical (unpaired) electrons. The van der Waals surface area contributed by atoms with E-state index in [-0.39, 0.29) is 16.9 Å². The molecule has 6 atom stereocenters. The van der Waals surface area contributed by atoms with Crippen molar-refractivity contribution in [2.24, 2.45) is 28.6 Å². The zero-order valence-corrected chi connectivity index (χ0v) is 13.1. The van der Waals surface area contributed by atoms with Crippen LogP contribution in [0.15, 0.2) is 23.8 Å². The molecule has 4 rings (SSSR count). The van der Waals surface area contributed by atoms with Crippen LogP contribution in [0.25, 0.3) is 0 Å². The maximum Gasteiger partial charge on any atom is 0.156 e. The second-order valence-corrected chi connectivity index (χ2v) is 8.27. The Morgan fingerprint density at radius 2 is 1.95 bits per heavy atom. The number of allylic oxidation sites excluding steroid dienone is 4. The molecule has 0 unspecified atom stereocenters. The van der Waals surface area contributed by atoms with Gasteiger partial charge < -0.3 is 5.11 Å². The number of ketones is 1. The monoisotopic (exact) mass is 286 g/mol. The first-order valence-electron chi connectivity index (χ1n) is 8.56. The second kappa shape index (κ2) is 4.32. The summed E-state index contributed by atoms with van der Waals surface area (Å²) in [5.41, 5.74) is 1.57. The van der Waals surface area contributed by atoms with Crippen molar-refractivity contribution in [3.63, 3.8) is 0 Å². The molecule has 1 N–H and O–H groups in total. The number of aliphatic hydroxyl groups excluding tert-OH is 1. The van der Waals surface area contributed by atoms with Crippen molar-refractivity contribution < 1.29 is 9.90 Å². The summed E-state index contributed by atoms with van der Waals surface area (Å²) in [7, 11) is 0. The highest BCUT2D eigenvalue weighted by Crippen LogP contribution is 2.63. The lowest BCUT2D eigenvalue weighted by atomic mass is 9.49. The minimum absolute atomic E-state index is 0.116. The van der Waals surface area contributed by atoms with Crippen LogP contribution in [-0.4, -0.2) is 17.0 Å². The fourth-order valence-corrected chi connectivity index (χ4v) is 5.97. The lowest BCUT2D eigenvalue weighted by molar-refractivity contribution is -0.116. The first-order valence-corrected chi connectivity index (χ1v) is 8.56. The van der Waals surface area contributed by atoms with Crippen LogP contribution in [0.4, 0.5) is 0 Å². The number of aliphatic hydroxyl groups is 1. The fourth-order valence-electron chi connectivity index (χ4n) is 5.97. The molecular formula is C19H26O2. The molecule has 0 aromatic carbocycles. The second-order valence-electron chi connectivity index (χ2n) is 8.27. The van der Waals surface area contributed by atoms with Gasteiger partial charge in [0.1, 0.15) is 0 Å². The van der Waals surface area contributed by atoms with Gasteiger partial charge in [-0.15, -0.1) is 0 Å². The number of hydrogen-bond donors (Lipinski definition) is 1. The van der Waals surface area contributed by atoms with E-state index in [1.807, 2.05) is 6.08 Å². The summed E-state index contributed by atoms with van der Waals surface area (Å²) in [6.45, 7) is 4.68. The van der Waals surface area contributed by atoms with E-state index in [1.165, 1.54) is 12.0 Å². The van der Waals surface area contributed by atoms with Gasteiger partial charge in [-0.3, -0.25) is 4.79 Å². The van der Waals surface area contributed by atoms with Gasteiger partial charge in [-0.1, -0.05) is 26.0 Å². The Balaban J connectivity index is 1.75. The molecular weight excluding hydrogens is 260 g/mol. The van der Waals surface area contributed by atoms with E-state index in [2.05, 4.69) is 26.0 Å². The third kappa shape index (κ3) is 1.72. The third-order valence-electron chi connectivity index (χ3n) is 7.47. The molecule has 0 aliphatic heterocycles. The zero-order chi connectivity index (χ0) is 14.8. The molecule has 0 aromatic rings. The van der Waals surface area contributed by atoms with Gasteiger partial charge in [-0.25, -0.2) is 0 Å². The summed E-state index contributed by atoms with van der Waals surface area (Å²) in [5.74, 6) is 2.17. The van der Waals surface area contributed by atoms with Crippen LogP contribution < -0.4 is 0 Å². The Labute approximate surface area is 127 Å². The van der Waals surface area contributed by atoms with Crippen molar-refractivity contribution in [2.75, 3.05) is 0 Å². The molecule has 4 aliphatic rings. The number of hydrogen-bond acceptors (Lipinski definition) is 2. The highest BCUT2D eigenvalue weighted by Gasteiger charge is 2.57. The van der Waals surface area contributed by atoms with Crippen LogP contribution >= 0.6 is 0 Å². The van der Waals surface area contributed by atoms with Crippen molar-refractivity contribution in [3.05, 3.63) is 23.8 Å². The smallest absolute Gasteiger partial charge is 0.156 e. The Kier molecular flexibility index (Phi) is 2.83. The van der Waals surface area contributed by atoms with E-state index in [4.69, 9.17) is 0 Å². The predicted molar refractivity (Wildman–Crippen MR) is 82.6 cm³/mol. The molecule has 4 aliphatic carbocycles. The van der Waals surface area contributed by atoms with Crippen LogP contribution in [0.5, 0.6) is 0 Å². The van der Waals surface area contributed by atoms with Crippen LogP contribution in [0.2, 0.25) is 0 Å². The van der Waals surface area contributed by atoms with Crippen molar-refractivity contribution in [2.45, 2.75) is 58.5 Å². The van der Waals surface area contributed by atoms with E-state index in [9.17, 15) is 9.90 Å². The molecule has 0 amide bonds. The number of carbonyl (C=O) groups excluding carboxylic acids is 1. The van der Waals surface area contributed by atoms with Crippen molar-refractivity contribution in [1.82, 2.24) is 0 Å². The molecule has 0 spiro atoms. The molecule has 0 heterocycles. The van der Waals surface area contributed by atoms with E-state index < -0.39 is 0 Å². The molecule has 2 heteroatoms. The fraction of sp³-hybridized carbons (Fsp3) is 0.737. The Morgan fingerprint density at radius 3 is 2.76 bits per heavy atom. The number of carbonyl (C=O) groups is 1. The molecule has 2 saturated carbocycles. The SMILES string of the molecule is C[C@]12CC[C@H]3[C@@H](C=CC4=CC(=O)CC[C@]43C)[C@H]1CC[C@@H]2O. The summed E-state index contributed by atoms with van der Waals surface area (Å²) in [6, 6.07) is 0. The third-order valence-corrected chi connectivity index (χ3v) is 7.47. The Hall–Kier alpha value is -0.890. The Morgan fingerprint density at radius 1 is 1.14 bits per heavy atom. The highest BCUT2D eigenvalue weighted by molar-refractivity contribution is 5.92. The molecule has 0 aromatic heterocycles. The van der Waals surface area contributed by atoms with Gasteiger partial charge in [0.2, 0.25) is 0 Å². The quantitative estimate of drug-likeness (QED) is 0.738. The minimum Gasteiger partial charge on any atom is -0.393 e. The van der Waals surface area contributed by atoms with Crippen LogP contribution in [0.1, 0.15) is 52.4 Å². The molecule has 2 nitrogen and oxygen atoms in total. The normalized spacial score (nSPS) is 52.0. The Bertz CT molecular complexity index is 546. The van der Waals surface area contributed by atoms with Crippen LogP contribution in [-0.2, 0) is 4.79 Å². The first kappa shape index (κ1) is 13.8. The topological polar surface area (TPSA) is 37.3 Å². The molecule has 114 valence electrons. The lowest BCUT2D eigenvalue weighted by Gasteiger charge is -2.55. The van der Waals surface area contributed by atoms with Gasteiger partial charge in [0.15, 0.2) is 5.78 Å². The predicted octanol–water partition coefficient (Wildman–Crippen LogP) is 3.66. The maximum absolute atomic E-state index is 11.8. The largest absolute Gasteiger partial charge is 0.393 e. The van der Waals surface area contributed by atoms with E-state index in [0.717, 1.165) is 25.7 Å². The van der Waals surface area contributed by atoms with Gasteiger partial charge in [0.05, 0.1) is 6.10 Å². The van der Waals surface area contributed by atoms with Crippen molar-refractivity contribution >= 4 is 5.78 Å². The molecule has 0 bridgehead atoms. The van der Waals surface area contributed by atoms with Crippen LogP contribution in [0.3, 0.4) is 0 Å². The highest BCUT2D eigenvalue weighted by atomic mass is 16.3. The van der Waals surface area contributed by atoms with Crippen molar-refractivity contribution in [1.29, 1.82) is 0 Å². The zero-order valence-electron chi connectivity index (χ0n) is 13.1. The van der Waals surface area contributed by atoms with E-state index in [1.54, 1.807) is 0 Å². The molecule has 21 heavy (non-hydrogen) atoms. The van der Waals surface area contributed by atoms with Gasteiger partial charge in [0.25, 0.3) is 0 Å². The average molecular weight is 286 g/mol. The summed E-state index contributed by atoms with van der Waals surface area (Å²) in [5, 5.41) is 10.4. The van der Waals surface area contributed by atoms with Crippen LogP contribution in [0, 0.1) is 28.6 Å². The average Bonchev–Trinajstić information content (AvgIpc) is 2.76. The maximum atomic E-state index is 11.8. The number of fused-ring (bicyclic) bond motifs is 5. The lowest BCUT2D eigenvalue weighted by Crippen LogP contribution is -2.49. The van der Waals surface area contributed by atoms with Gasteiger partial charge in [-0.2, -0.15) is 0 Å². The summed E-state index contributed by atoms with van der Waals surface area (Å²) in [4.78, 5) is 11.8. The van der Waals surface area contributed by atoms with Gasteiger partial charge in [-0.05, 0) is 72.3 Å².